The summed E-state index contributed by atoms with van der Waals surface area (Å²) in [5.41, 5.74) is 6.98. The molecule has 0 spiro atoms. The molecular weight excluding hydrogens is 323 g/mol. The number of rotatable bonds is 6. The second kappa shape index (κ2) is 6.00. The predicted molar refractivity (Wildman–Crippen MR) is 93.9 cm³/mol. The molecule has 1 aliphatic rings. The molecule has 6 nitrogen and oxygen atoms in total. The Balaban J connectivity index is 1.91. The van der Waals surface area contributed by atoms with E-state index in [0.29, 0.717) is 40.0 Å². The maximum Gasteiger partial charge on any atom is 0.252 e. The van der Waals surface area contributed by atoms with E-state index in [1.807, 2.05) is 0 Å². The lowest BCUT2D eigenvalue weighted by atomic mass is 10.1. The standard InChI is InChI=1S/C18H19FN4O2/c19-10-3-4-14-11(7-10)15-16(22-14)12(17(20)25)8-21-18(15)23-13(5-6-24)9-1-2-9/h3-4,7-9,13,22,24H,1-2,5-6H2,(H2,20,25)(H,21,23). The number of nitrogens with zero attached hydrogens (tertiary/aromatic N) is 1. The van der Waals surface area contributed by atoms with Gasteiger partial charge in [-0.1, -0.05) is 0 Å². The van der Waals surface area contributed by atoms with E-state index in [9.17, 15) is 14.3 Å². The number of hydrogen-bond donors (Lipinski definition) is 4. The van der Waals surface area contributed by atoms with Crippen LogP contribution in [0.3, 0.4) is 0 Å². The second-order valence-corrected chi connectivity index (χ2v) is 6.55. The Hall–Kier alpha value is -2.67. The minimum atomic E-state index is -0.592. The zero-order chi connectivity index (χ0) is 17.6. The van der Waals surface area contributed by atoms with Gasteiger partial charge in [-0.05, 0) is 43.4 Å². The Morgan fingerprint density at radius 1 is 1.48 bits per heavy atom. The van der Waals surface area contributed by atoms with E-state index in [0.717, 1.165) is 12.8 Å². The van der Waals surface area contributed by atoms with Crippen molar-refractivity contribution >= 4 is 33.5 Å². The average Bonchev–Trinajstić information content (AvgIpc) is 3.35. The lowest BCUT2D eigenvalue weighted by molar-refractivity contribution is 0.100. The van der Waals surface area contributed by atoms with Gasteiger partial charge in [0.25, 0.3) is 5.91 Å². The van der Waals surface area contributed by atoms with Crippen molar-refractivity contribution in [2.45, 2.75) is 25.3 Å². The molecule has 1 aromatic carbocycles. The summed E-state index contributed by atoms with van der Waals surface area (Å²) in [7, 11) is 0. The van der Waals surface area contributed by atoms with Gasteiger partial charge in [-0.25, -0.2) is 9.37 Å². The maximum absolute atomic E-state index is 13.8. The van der Waals surface area contributed by atoms with Crippen molar-refractivity contribution < 1.29 is 14.3 Å². The summed E-state index contributed by atoms with van der Waals surface area (Å²) in [5.74, 6) is 0.118. The molecule has 0 saturated heterocycles. The van der Waals surface area contributed by atoms with Crippen LogP contribution in [0.15, 0.2) is 24.4 Å². The fraction of sp³-hybridized carbons (Fsp3) is 0.333. The van der Waals surface area contributed by atoms with E-state index in [1.165, 1.54) is 18.3 Å². The van der Waals surface area contributed by atoms with Gasteiger partial charge in [0.2, 0.25) is 0 Å². The van der Waals surface area contributed by atoms with Gasteiger partial charge >= 0.3 is 0 Å². The highest BCUT2D eigenvalue weighted by molar-refractivity contribution is 6.18. The largest absolute Gasteiger partial charge is 0.396 e. The van der Waals surface area contributed by atoms with Crippen LogP contribution in [-0.4, -0.2) is 33.6 Å². The second-order valence-electron chi connectivity index (χ2n) is 6.55. The third-order valence-corrected chi connectivity index (χ3v) is 4.81. The molecule has 1 fully saturated rings. The van der Waals surface area contributed by atoms with Crippen LogP contribution in [0.5, 0.6) is 0 Å². The van der Waals surface area contributed by atoms with Gasteiger partial charge in [-0.15, -0.1) is 0 Å². The molecule has 7 heteroatoms. The summed E-state index contributed by atoms with van der Waals surface area (Å²) < 4.78 is 13.8. The SMILES string of the molecule is NC(=O)c1cnc(NC(CCO)C2CC2)c2c1[nH]c1ccc(F)cc12. The van der Waals surface area contributed by atoms with Crippen LogP contribution >= 0.6 is 0 Å². The molecule has 0 aliphatic heterocycles. The van der Waals surface area contributed by atoms with Crippen LogP contribution in [0.25, 0.3) is 21.8 Å². The first-order valence-electron chi connectivity index (χ1n) is 8.35. The Bertz CT molecular complexity index is 965. The van der Waals surface area contributed by atoms with Crippen molar-refractivity contribution in [1.29, 1.82) is 0 Å². The number of carbonyl (C=O) groups is 1. The van der Waals surface area contributed by atoms with Crippen LogP contribution in [-0.2, 0) is 0 Å². The number of nitrogens with two attached hydrogens (primary N) is 1. The normalized spacial score (nSPS) is 15.6. The van der Waals surface area contributed by atoms with Crippen LogP contribution < -0.4 is 11.1 Å². The fourth-order valence-electron chi connectivity index (χ4n) is 3.41. The van der Waals surface area contributed by atoms with Crippen LogP contribution in [0.2, 0.25) is 0 Å². The Morgan fingerprint density at radius 2 is 2.28 bits per heavy atom. The first kappa shape index (κ1) is 15.8. The van der Waals surface area contributed by atoms with E-state index in [1.54, 1.807) is 6.07 Å². The summed E-state index contributed by atoms with van der Waals surface area (Å²) in [4.78, 5) is 19.3. The molecule has 3 aromatic rings. The number of hydrogen-bond acceptors (Lipinski definition) is 4. The van der Waals surface area contributed by atoms with Gasteiger partial charge in [-0.2, -0.15) is 0 Å². The number of aliphatic hydroxyl groups excluding tert-OH is 1. The van der Waals surface area contributed by atoms with Crippen LogP contribution in [0.1, 0.15) is 29.6 Å². The highest BCUT2D eigenvalue weighted by Gasteiger charge is 2.31. The van der Waals surface area contributed by atoms with Crippen molar-refractivity contribution in [2.24, 2.45) is 11.7 Å². The fourth-order valence-corrected chi connectivity index (χ4v) is 3.41. The molecule has 0 radical (unpaired) electrons. The van der Waals surface area contributed by atoms with Gasteiger partial charge in [0, 0.05) is 29.7 Å². The molecule has 1 saturated carbocycles. The number of pyridine rings is 1. The Kier molecular flexibility index (Phi) is 3.80. The number of benzene rings is 1. The number of aromatic nitrogens is 2. The predicted octanol–water partition coefficient (Wildman–Crippen LogP) is 2.53. The molecule has 2 heterocycles. The number of aliphatic hydroxyl groups is 1. The van der Waals surface area contributed by atoms with Gasteiger partial charge < -0.3 is 21.1 Å². The highest BCUT2D eigenvalue weighted by atomic mass is 19.1. The number of fused-ring (bicyclic) bond motifs is 3. The lowest BCUT2D eigenvalue weighted by Gasteiger charge is -2.19. The van der Waals surface area contributed by atoms with E-state index in [-0.39, 0.29) is 24.0 Å². The molecule has 5 N–H and O–H groups in total. The molecule has 1 amide bonds. The van der Waals surface area contributed by atoms with E-state index in [4.69, 9.17) is 5.73 Å². The zero-order valence-corrected chi connectivity index (χ0v) is 13.6. The van der Waals surface area contributed by atoms with Gasteiger partial charge in [0.05, 0.1) is 16.5 Å². The number of carbonyl (C=O) groups excluding carboxylic acids is 1. The summed E-state index contributed by atoms with van der Waals surface area (Å²) in [6.45, 7) is 0.0825. The molecule has 25 heavy (non-hydrogen) atoms. The minimum absolute atomic E-state index is 0.0825. The minimum Gasteiger partial charge on any atom is -0.396 e. The smallest absolute Gasteiger partial charge is 0.252 e. The molecule has 1 atom stereocenters. The summed E-state index contributed by atoms with van der Waals surface area (Å²) >= 11 is 0. The first-order chi connectivity index (χ1) is 12.1. The summed E-state index contributed by atoms with van der Waals surface area (Å²) in [6.07, 6.45) is 4.27. The Labute approximate surface area is 143 Å². The molecular formula is C18H19FN4O2. The molecule has 130 valence electrons. The van der Waals surface area contributed by atoms with Crippen LogP contribution in [0, 0.1) is 11.7 Å². The van der Waals surface area contributed by atoms with Crippen molar-refractivity contribution in [2.75, 3.05) is 11.9 Å². The van der Waals surface area contributed by atoms with E-state index < -0.39 is 5.91 Å². The quantitative estimate of drug-likeness (QED) is 0.552. The van der Waals surface area contributed by atoms with Crippen molar-refractivity contribution in [3.05, 3.63) is 35.8 Å². The summed E-state index contributed by atoms with van der Waals surface area (Å²) in [6, 6.07) is 4.51. The van der Waals surface area contributed by atoms with E-state index >= 15 is 0 Å². The van der Waals surface area contributed by atoms with Gasteiger partial charge in [0.1, 0.15) is 11.6 Å². The zero-order valence-electron chi connectivity index (χ0n) is 13.6. The maximum atomic E-state index is 13.8. The van der Waals surface area contributed by atoms with Crippen molar-refractivity contribution in [1.82, 2.24) is 9.97 Å². The third kappa shape index (κ3) is 2.80. The molecule has 1 unspecified atom stereocenters. The molecule has 4 rings (SSSR count). The average molecular weight is 342 g/mol. The van der Waals surface area contributed by atoms with Gasteiger partial charge in [0.15, 0.2) is 0 Å². The topological polar surface area (TPSA) is 104 Å². The third-order valence-electron chi connectivity index (χ3n) is 4.81. The molecule has 0 bridgehead atoms. The molecule has 1 aliphatic carbocycles. The van der Waals surface area contributed by atoms with Crippen molar-refractivity contribution in [3.63, 3.8) is 0 Å². The lowest BCUT2D eigenvalue weighted by Crippen LogP contribution is -2.24. The number of primary amides is 1. The Morgan fingerprint density at radius 3 is 2.96 bits per heavy atom. The van der Waals surface area contributed by atoms with Crippen molar-refractivity contribution in [3.8, 4) is 0 Å². The van der Waals surface area contributed by atoms with E-state index in [2.05, 4.69) is 15.3 Å². The first-order valence-corrected chi connectivity index (χ1v) is 8.35. The monoisotopic (exact) mass is 342 g/mol. The number of anilines is 1. The number of nitrogens with one attached hydrogen (secondary N) is 2. The molecule has 2 aromatic heterocycles. The highest BCUT2D eigenvalue weighted by Crippen LogP contribution is 2.38. The summed E-state index contributed by atoms with van der Waals surface area (Å²) in [5, 5.41) is 14.0. The number of amides is 1. The number of halogens is 1. The van der Waals surface area contributed by atoms with Crippen LogP contribution in [0.4, 0.5) is 10.2 Å². The van der Waals surface area contributed by atoms with Gasteiger partial charge in [-0.3, -0.25) is 4.79 Å². The number of H-pyrrole nitrogens is 1. The number of aromatic amines is 1.